The van der Waals surface area contributed by atoms with Crippen molar-refractivity contribution in [1.82, 2.24) is 14.9 Å². The molecule has 2 amide bonds. The van der Waals surface area contributed by atoms with Gasteiger partial charge in [0.2, 0.25) is 5.91 Å². The normalized spacial score (nSPS) is 11.5. The summed E-state index contributed by atoms with van der Waals surface area (Å²) in [4.78, 5) is 48.6. The number of carbonyl (C=O) groups is 2. The van der Waals surface area contributed by atoms with Crippen molar-refractivity contribution in [3.63, 3.8) is 0 Å². The molecule has 0 saturated heterocycles. The lowest BCUT2D eigenvalue weighted by atomic mass is 10.0. The van der Waals surface area contributed by atoms with Crippen LogP contribution in [-0.2, 0) is 11.2 Å². The highest BCUT2D eigenvalue weighted by atomic mass is 35.5. The second-order valence-corrected chi connectivity index (χ2v) is 11.0. The van der Waals surface area contributed by atoms with Gasteiger partial charge >= 0.3 is 5.63 Å². The highest BCUT2D eigenvalue weighted by Gasteiger charge is 2.32. The SMILES string of the molecule is Cc1c(NC(=O)c2cccc(C(Cl)Cl)c2)ccc2nc(NC(C)(C)C(=O)N(C)CCc3ccccn3)oc(=O)c12. The lowest BCUT2D eigenvalue weighted by molar-refractivity contribution is -0.133. The number of nitrogens with zero attached hydrogens (tertiary/aromatic N) is 3. The Morgan fingerprint density at radius 2 is 1.88 bits per heavy atom. The second-order valence-electron chi connectivity index (χ2n) is 9.87. The summed E-state index contributed by atoms with van der Waals surface area (Å²) in [5, 5.41) is 5.99. The maximum absolute atomic E-state index is 13.2. The number of amides is 2. The van der Waals surface area contributed by atoms with Crippen LogP contribution in [0.3, 0.4) is 0 Å². The van der Waals surface area contributed by atoms with Gasteiger partial charge in [0.25, 0.3) is 11.9 Å². The highest BCUT2D eigenvalue weighted by Crippen LogP contribution is 2.27. The van der Waals surface area contributed by atoms with Gasteiger partial charge in [-0.3, -0.25) is 14.6 Å². The quantitative estimate of drug-likeness (QED) is 0.250. The van der Waals surface area contributed by atoms with Crippen LogP contribution in [0.15, 0.2) is 70.0 Å². The van der Waals surface area contributed by atoms with Crippen LogP contribution in [0.4, 0.5) is 11.7 Å². The number of aryl methyl sites for hydroxylation is 1. The first-order valence-electron chi connectivity index (χ1n) is 12.5. The van der Waals surface area contributed by atoms with E-state index in [0.29, 0.717) is 40.9 Å². The molecule has 0 aliphatic heterocycles. The van der Waals surface area contributed by atoms with Gasteiger partial charge in [0.15, 0.2) is 0 Å². The smallest absolute Gasteiger partial charge is 0.348 e. The van der Waals surface area contributed by atoms with Crippen LogP contribution in [0, 0.1) is 6.92 Å². The number of carbonyl (C=O) groups excluding carboxylic acids is 2. The van der Waals surface area contributed by atoms with Gasteiger partial charge in [0.05, 0.1) is 10.9 Å². The molecule has 9 nitrogen and oxygen atoms in total. The standard InChI is InChI=1S/C29H29Cl2N5O4/c1-17-21(33-25(37)19-9-7-8-18(16-19)24(30)31)11-12-22-23(17)26(38)40-28(34-22)35-29(2,3)27(39)36(4)15-13-20-10-5-6-14-32-20/h5-12,14,16,24H,13,15H2,1-4H3,(H,33,37)(H,34,35). The summed E-state index contributed by atoms with van der Waals surface area (Å²) in [6.07, 6.45) is 2.32. The molecule has 0 aliphatic rings. The monoisotopic (exact) mass is 581 g/mol. The number of anilines is 2. The van der Waals surface area contributed by atoms with E-state index in [1.54, 1.807) is 75.3 Å². The second kappa shape index (κ2) is 12.1. The molecule has 0 fully saturated rings. The van der Waals surface area contributed by atoms with E-state index in [2.05, 4.69) is 20.6 Å². The van der Waals surface area contributed by atoms with Crippen molar-refractivity contribution in [2.45, 2.75) is 37.6 Å². The third-order valence-electron chi connectivity index (χ3n) is 6.44. The third-order valence-corrected chi connectivity index (χ3v) is 6.94. The van der Waals surface area contributed by atoms with E-state index in [1.165, 1.54) is 0 Å². The van der Waals surface area contributed by atoms with Gasteiger partial charge < -0.3 is 20.0 Å². The molecular formula is C29H29Cl2N5O4. The number of fused-ring (bicyclic) bond motifs is 1. The van der Waals surface area contributed by atoms with Gasteiger partial charge in [0.1, 0.15) is 10.4 Å². The number of benzene rings is 2. The van der Waals surface area contributed by atoms with Gasteiger partial charge in [-0.2, -0.15) is 4.98 Å². The Hall–Kier alpha value is -3.95. The first kappa shape index (κ1) is 29.0. The molecule has 0 bridgehead atoms. The van der Waals surface area contributed by atoms with Crippen molar-refractivity contribution < 1.29 is 14.0 Å². The van der Waals surface area contributed by atoms with E-state index in [0.717, 1.165) is 5.69 Å². The molecule has 2 heterocycles. The van der Waals surface area contributed by atoms with Gasteiger partial charge in [-0.25, -0.2) is 4.79 Å². The third kappa shape index (κ3) is 6.60. The Morgan fingerprint density at radius 1 is 1.10 bits per heavy atom. The van der Waals surface area contributed by atoms with Crippen LogP contribution >= 0.6 is 23.2 Å². The number of hydrogen-bond acceptors (Lipinski definition) is 7. The number of halogens is 2. The largest absolute Gasteiger partial charge is 0.389 e. The Labute approximate surface area is 241 Å². The zero-order chi connectivity index (χ0) is 29.0. The van der Waals surface area contributed by atoms with E-state index < -0.39 is 16.0 Å². The summed E-state index contributed by atoms with van der Waals surface area (Å²) in [6, 6.07) is 15.5. The van der Waals surface area contributed by atoms with Gasteiger partial charge in [-0.1, -0.05) is 18.2 Å². The zero-order valence-corrected chi connectivity index (χ0v) is 24.0. The summed E-state index contributed by atoms with van der Waals surface area (Å²) in [6.45, 7) is 5.53. The molecule has 2 aromatic heterocycles. The number of aromatic nitrogens is 2. The number of pyridine rings is 1. The summed E-state index contributed by atoms with van der Waals surface area (Å²) < 4.78 is 5.45. The molecule has 0 atom stereocenters. The first-order chi connectivity index (χ1) is 19.0. The van der Waals surface area contributed by atoms with Crippen molar-refractivity contribution in [3.8, 4) is 0 Å². The number of rotatable bonds is 9. The van der Waals surface area contributed by atoms with E-state index in [4.69, 9.17) is 27.6 Å². The van der Waals surface area contributed by atoms with E-state index in [9.17, 15) is 14.4 Å². The van der Waals surface area contributed by atoms with Gasteiger partial charge in [-0.05, 0) is 68.3 Å². The average Bonchev–Trinajstić information content (AvgIpc) is 2.93. The maximum Gasteiger partial charge on any atom is 0.348 e. The van der Waals surface area contributed by atoms with Crippen LogP contribution in [0.2, 0.25) is 0 Å². The van der Waals surface area contributed by atoms with Crippen molar-refractivity contribution in [2.75, 3.05) is 24.2 Å². The Kier molecular flexibility index (Phi) is 8.76. The van der Waals surface area contributed by atoms with Crippen LogP contribution in [0.5, 0.6) is 0 Å². The minimum Gasteiger partial charge on any atom is -0.389 e. The Bertz CT molecular complexity index is 1610. The molecule has 208 valence electrons. The number of alkyl halides is 2. The molecule has 0 aliphatic carbocycles. The molecule has 0 radical (unpaired) electrons. The molecule has 4 rings (SSSR count). The summed E-state index contributed by atoms with van der Waals surface area (Å²) in [5.74, 6) is -0.595. The van der Waals surface area contributed by atoms with E-state index in [-0.39, 0.29) is 23.2 Å². The Balaban J connectivity index is 1.51. The number of nitrogens with one attached hydrogen (secondary N) is 2. The van der Waals surface area contributed by atoms with Gasteiger partial charge in [-0.15, -0.1) is 23.2 Å². The summed E-state index contributed by atoms with van der Waals surface area (Å²) in [7, 11) is 1.71. The molecule has 11 heteroatoms. The molecular weight excluding hydrogens is 553 g/mol. The average molecular weight is 582 g/mol. The van der Waals surface area contributed by atoms with E-state index >= 15 is 0 Å². The fourth-order valence-corrected chi connectivity index (χ4v) is 4.52. The molecule has 0 saturated carbocycles. The summed E-state index contributed by atoms with van der Waals surface area (Å²) >= 11 is 11.8. The van der Waals surface area contributed by atoms with Gasteiger partial charge in [0, 0.05) is 43.2 Å². The van der Waals surface area contributed by atoms with Crippen molar-refractivity contribution in [3.05, 3.63) is 93.6 Å². The van der Waals surface area contributed by atoms with Crippen molar-refractivity contribution in [2.24, 2.45) is 0 Å². The topological polar surface area (TPSA) is 117 Å². The minimum atomic E-state index is -1.11. The molecule has 4 aromatic rings. The predicted molar refractivity (Wildman–Crippen MR) is 157 cm³/mol. The molecule has 0 unspecified atom stereocenters. The number of likely N-dealkylation sites (N-methyl/N-ethyl adjacent to an activating group) is 1. The van der Waals surface area contributed by atoms with Crippen LogP contribution < -0.4 is 16.3 Å². The minimum absolute atomic E-state index is 0.0846. The van der Waals surface area contributed by atoms with E-state index in [1.807, 2.05) is 18.2 Å². The number of hydrogen-bond donors (Lipinski definition) is 2. The zero-order valence-electron chi connectivity index (χ0n) is 22.5. The van der Waals surface area contributed by atoms with Crippen LogP contribution in [0.1, 0.15) is 45.9 Å². The Morgan fingerprint density at radius 3 is 2.58 bits per heavy atom. The maximum atomic E-state index is 13.2. The first-order valence-corrected chi connectivity index (χ1v) is 13.4. The molecule has 2 aromatic carbocycles. The van der Waals surface area contributed by atoms with Crippen LogP contribution in [0.25, 0.3) is 10.9 Å². The fraction of sp³-hybridized carbons (Fsp3) is 0.276. The predicted octanol–water partition coefficient (Wildman–Crippen LogP) is 5.51. The van der Waals surface area contributed by atoms with Crippen molar-refractivity contribution in [1.29, 1.82) is 0 Å². The fourth-order valence-electron chi connectivity index (χ4n) is 4.25. The lowest BCUT2D eigenvalue weighted by Crippen LogP contribution is -2.49. The molecule has 40 heavy (non-hydrogen) atoms. The summed E-state index contributed by atoms with van der Waals surface area (Å²) in [5.41, 5.74) is 1.36. The highest BCUT2D eigenvalue weighted by molar-refractivity contribution is 6.44. The molecule has 0 spiro atoms. The van der Waals surface area contributed by atoms with Crippen molar-refractivity contribution >= 4 is 57.6 Å². The molecule has 2 N–H and O–H groups in total. The lowest BCUT2D eigenvalue weighted by Gasteiger charge is -2.30. The van der Waals surface area contributed by atoms with Crippen LogP contribution in [-0.4, -0.2) is 45.8 Å².